The van der Waals surface area contributed by atoms with Crippen molar-refractivity contribution in [3.63, 3.8) is 0 Å². The van der Waals surface area contributed by atoms with Crippen LogP contribution in [0.15, 0.2) is 18.6 Å². The Balaban J connectivity index is 2.53. The molecule has 0 N–H and O–H groups in total. The summed E-state index contributed by atoms with van der Waals surface area (Å²) < 4.78 is 2.68. The first-order valence-corrected chi connectivity index (χ1v) is 5.43. The predicted molar refractivity (Wildman–Crippen MR) is 61.4 cm³/mol. The molecular formula is C11H11N5O. The number of aromatic nitrogens is 5. The second-order valence-electron chi connectivity index (χ2n) is 3.95. The lowest BCUT2D eigenvalue weighted by molar-refractivity contribution is -0.610. The van der Waals surface area contributed by atoms with E-state index in [1.165, 1.54) is 6.20 Å². The molecule has 3 rings (SSSR count). The second-order valence-corrected chi connectivity index (χ2v) is 3.95. The minimum absolute atomic E-state index is 0.619. The van der Waals surface area contributed by atoms with Crippen molar-refractivity contribution in [2.75, 3.05) is 0 Å². The second kappa shape index (κ2) is 3.38. The summed E-state index contributed by atoms with van der Waals surface area (Å²) >= 11 is 0. The van der Waals surface area contributed by atoms with Crippen molar-refractivity contribution in [3.05, 3.63) is 35.3 Å². The molecule has 6 nitrogen and oxygen atoms in total. The molecule has 0 saturated heterocycles. The van der Waals surface area contributed by atoms with Crippen molar-refractivity contribution in [3.8, 4) is 0 Å². The lowest BCUT2D eigenvalue weighted by Gasteiger charge is -2.06. The van der Waals surface area contributed by atoms with Crippen molar-refractivity contribution in [2.24, 2.45) is 0 Å². The van der Waals surface area contributed by atoms with E-state index in [4.69, 9.17) is 0 Å². The molecule has 0 atom stereocenters. The number of aryl methyl sites for hydroxylation is 2. The minimum atomic E-state index is 0.619. The maximum atomic E-state index is 11.5. The van der Waals surface area contributed by atoms with Gasteiger partial charge in [0.1, 0.15) is 17.7 Å². The van der Waals surface area contributed by atoms with Crippen molar-refractivity contribution in [1.82, 2.24) is 19.6 Å². The number of pyridine rings is 1. The zero-order chi connectivity index (χ0) is 12.0. The fourth-order valence-corrected chi connectivity index (χ4v) is 1.95. The van der Waals surface area contributed by atoms with Crippen molar-refractivity contribution in [1.29, 1.82) is 0 Å². The molecule has 0 amide bonds. The lowest BCUT2D eigenvalue weighted by Crippen LogP contribution is -2.29. The van der Waals surface area contributed by atoms with Crippen molar-refractivity contribution >= 4 is 16.6 Å². The molecule has 0 aliphatic carbocycles. The highest BCUT2D eigenvalue weighted by molar-refractivity contribution is 5.90. The SMILES string of the molecule is CCc1nc2c[n+]([O-])c(C)cc2c2nncn12. The highest BCUT2D eigenvalue weighted by Crippen LogP contribution is 2.17. The van der Waals surface area contributed by atoms with Gasteiger partial charge in [-0.15, -0.1) is 10.2 Å². The first-order chi connectivity index (χ1) is 8.20. The van der Waals surface area contributed by atoms with E-state index in [0.717, 1.165) is 28.0 Å². The van der Waals surface area contributed by atoms with Crippen LogP contribution in [0.25, 0.3) is 16.6 Å². The summed E-state index contributed by atoms with van der Waals surface area (Å²) in [7, 11) is 0. The zero-order valence-electron chi connectivity index (χ0n) is 9.58. The average molecular weight is 229 g/mol. The van der Waals surface area contributed by atoms with Gasteiger partial charge < -0.3 is 5.21 Å². The van der Waals surface area contributed by atoms with Crippen LogP contribution in [0.5, 0.6) is 0 Å². The predicted octanol–water partition coefficient (Wildman–Crippen LogP) is 0.782. The van der Waals surface area contributed by atoms with E-state index in [1.54, 1.807) is 19.3 Å². The Labute approximate surface area is 97.1 Å². The van der Waals surface area contributed by atoms with Crippen LogP contribution in [0.4, 0.5) is 0 Å². The first kappa shape index (κ1) is 9.95. The largest absolute Gasteiger partial charge is 0.618 e. The standard InChI is InChI=1S/C11H11N5O/c1-3-10-13-9-5-16(17)7(2)4-8(9)11-14-12-6-15(10)11/h4-6H,3H2,1-2H3. The topological polar surface area (TPSA) is 70.0 Å². The molecule has 17 heavy (non-hydrogen) atoms. The molecule has 3 aromatic heterocycles. The summed E-state index contributed by atoms with van der Waals surface area (Å²) in [5, 5.41) is 20.4. The summed E-state index contributed by atoms with van der Waals surface area (Å²) in [6, 6.07) is 1.79. The van der Waals surface area contributed by atoms with Crippen molar-refractivity contribution in [2.45, 2.75) is 20.3 Å². The Morgan fingerprint density at radius 3 is 3.06 bits per heavy atom. The van der Waals surface area contributed by atoms with Gasteiger partial charge in [0.05, 0.1) is 5.39 Å². The van der Waals surface area contributed by atoms with Gasteiger partial charge in [-0.3, -0.25) is 4.40 Å². The zero-order valence-corrected chi connectivity index (χ0v) is 9.58. The number of hydrogen-bond acceptors (Lipinski definition) is 4. The third-order valence-corrected chi connectivity index (χ3v) is 2.85. The van der Waals surface area contributed by atoms with Gasteiger partial charge in [-0.2, -0.15) is 4.73 Å². The van der Waals surface area contributed by atoms with Crippen LogP contribution in [0.3, 0.4) is 0 Å². The molecule has 0 saturated carbocycles. The molecule has 6 heteroatoms. The van der Waals surface area contributed by atoms with Crippen LogP contribution in [-0.4, -0.2) is 19.6 Å². The fraction of sp³-hybridized carbons (Fsp3) is 0.273. The Hall–Kier alpha value is -2.24. The van der Waals surface area contributed by atoms with Crippen LogP contribution in [0, 0.1) is 12.1 Å². The Kier molecular flexibility index (Phi) is 1.98. The van der Waals surface area contributed by atoms with E-state index in [-0.39, 0.29) is 0 Å². The number of fused-ring (bicyclic) bond motifs is 3. The molecule has 3 aromatic rings. The summed E-state index contributed by atoms with van der Waals surface area (Å²) in [5.41, 5.74) is 2.02. The molecule has 0 unspecified atom stereocenters. The van der Waals surface area contributed by atoms with E-state index in [0.29, 0.717) is 11.2 Å². The molecular weight excluding hydrogens is 218 g/mol. The molecule has 0 aliphatic rings. The fourth-order valence-electron chi connectivity index (χ4n) is 1.95. The van der Waals surface area contributed by atoms with Gasteiger partial charge in [-0.1, -0.05) is 6.92 Å². The molecule has 0 aromatic carbocycles. The van der Waals surface area contributed by atoms with Crippen LogP contribution >= 0.6 is 0 Å². The van der Waals surface area contributed by atoms with E-state index >= 15 is 0 Å². The Bertz CT molecular complexity index is 719. The third kappa shape index (κ3) is 1.33. The highest BCUT2D eigenvalue weighted by atomic mass is 16.5. The summed E-state index contributed by atoms with van der Waals surface area (Å²) in [6.07, 6.45) is 3.89. The number of hydrogen-bond donors (Lipinski definition) is 0. The van der Waals surface area contributed by atoms with E-state index in [1.807, 2.05) is 11.3 Å². The quantitative estimate of drug-likeness (QED) is 0.456. The smallest absolute Gasteiger partial charge is 0.207 e. The van der Waals surface area contributed by atoms with Crippen LogP contribution < -0.4 is 4.73 Å². The first-order valence-electron chi connectivity index (χ1n) is 5.43. The van der Waals surface area contributed by atoms with E-state index < -0.39 is 0 Å². The average Bonchev–Trinajstić information content (AvgIpc) is 2.79. The maximum Gasteiger partial charge on any atom is 0.207 e. The van der Waals surface area contributed by atoms with Gasteiger partial charge in [-0.05, 0) is 0 Å². The number of nitrogens with zero attached hydrogens (tertiary/aromatic N) is 5. The van der Waals surface area contributed by atoms with Gasteiger partial charge in [0.25, 0.3) is 0 Å². The molecule has 86 valence electrons. The van der Waals surface area contributed by atoms with Crippen LogP contribution in [-0.2, 0) is 6.42 Å². The maximum absolute atomic E-state index is 11.5. The molecule has 0 aliphatic heterocycles. The number of rotatable bonds is 1. The summed E-state index contributed by atoms with van der Waals surface area (Å²) in [5.74, 6) is 0.848. The van der Waals surface area contributed by atoms with Crippen molar-refractivity contribution < 1.29 is 4.73 Å². The summed E-state index contributed by atoms with van der Waals surface area (Å²) in [4.78, 5) is 4.46. The van der Waals surface area contributed by atoms with Crippen LogP contribution in [0.1, 0.15) is 18.4 Å². The Morgan fingerprint density at radius 2 is 2.29 bits per heavy atom. The molecule has 0 radical (unpaired) electrons. The Morgan fingerprint density at radius 1 is 1.47 bits per heavy atom. The minimum Gasteiger partial charge on any atom is -0.618 e. The molecule has 3 heterocycles. The molecule has 0 bridgehead atoms. The molecule has 0 spiro atoms. The van der Waals surface area contributed by atoms with Crippen LogP contribution in [0.2, 0.25) is 0 Å². The van der Waals surface area contributed by atoms with E-state index in [9.17, 15) is 5.21 Å². The monoisotopic (exact) mass is 229 g/mol. The van der Waals surface area contributed by atoms with Gasteiger partial charge in [0.2, 0.25) is 6.20 Å². The van der Waals surface area contributed by atoms with E-state index in [2.05, 4.69) is 15.2 Å². The normalized spacial score (nSPS) is 11.4. The lowest BCUT2D eigenvalue weighted by atomic mass is 10.2. The third-order valence-electron chi connectivity index (χ3n) is 2.85. The van der Waals surface area contributed by atoms with Gasteiger partial charge in [-0.25, -0.2) is 4.98 Å². The van der Waals surface area contributed by atoms with Gasteiger partial charge in [0, 0.05) is 19.4 Å². The van der Waals surface area contributed by atoms with Gasteiger partial charge >= 0.3 is 0 Å². The summed E-state index contributed by atoms with van der Waals surface area (Å²) in [6.45, 7) is 3.76. The highest BCUT2D eigenvalue weighted by Gasteiger charge is 2.12. The molecule has 0 fully saturated rings. The van der Waals surface area contributed by atoms with Gasteiger partial charge in [0.15, 0.2) is 11.3 Å².